The van der Waals surface area contributed by atoms with Crippen molar-refractivity contribution >= 4 is 5.97 Å². The Morgan fingerprint density at radius 3 is 2.62 bits per heavy atom. The first kappa shape index (κ1) is 14.8. The summed E-state index contributed by atoms with van der Waals surface area (Å²) in [6, 6.07) is 5.63. The van der Waals surface area contributed by atoms with Crippen molar-refractivity contribution < 1.29 is 32.2 Å². The molecule has 5 nitrogen and oxygen atoms in total. The number of rotatable bonds is 4. The van der Waals surface area contributed by atoms with E-state index in [4.69, 9.17) is 5.11 Å². The smallest absolute Gasteiger partial charge is 0.422 e. The van der Waals surface area contributed by atoms with Crippen LogP contribution in [0.5, 0.6) is 5.88 Å². The molecule has 21 heavy (non-hydrogen) atoms. The first-order valence-corrected chi connectivity index (χ1v) is 5.55. The lowest BCUT2D eigenvalue weighted by Crippen LogP contribution is -2.19. The number of benzene rings is 1. The van der Waals surface area contributed by atoms with Crippen molar-refractivity contribution in [1.82, 2.24) is 9.78 Å². The highest BCUT2D eigenvalue weighted by atomic mass is 19.4. The van der Waals surface area contributed by atoms with Crippen LogP contribution in [0.25, 0.3) is 5.69 Å². The second-order valence-electron chi connectivity index (χ2n) is 3.97. The quantitative estimate of drug-likeness (QED) is 0.882. The third-order valence-electron chi connectivity index (χ3n) is 2.34. The topological polar surface area (TPSA) is 64.3 Å². The van der Waals surface area contributed by atoms with Crippen molar-refractivity contribution in [1.29, 1.82) is 0 Å². The van der Waals surface area contributed by atoms with Crippen molar-refractivity contribution in [3.8, 4) is 11.6 Å². The van der Waals surface area contributed by atoms with Crippen molar-refractivity contribution in [3.05, 3.63) is 41.8 Å². The number of aromatic carboxylic acids is 1. The maximum Gasteiger partial charge on any atom is 0.422 e. The Morgan fingerprint density at radius 1 is 1.33 bits per heavy atom. The number of aromatic nitrogens is 2. The van der Waals surface area contributed by atoms with Crippen molar-refractivity contribution in [3.63, 3.8) is 0 Å². The molecule has 0 aliphatic rings. The van der Waals surface area contributed by atoms with Crippen LogP contribution < -0.4 is 4.74 Å². The van der Waals surface area contributed by atoms with Crippen molar-refractivity contribution in [2.24, 2.45) is 0 Å². The Kier molecular flexibility index (Phi) is 3.83. The molecule has 0 fully saturated rings. The van der Waals surface area contributed by atoms with Gasteiger partial charge < -0.3 is 9.84 Å². The zero-order chi connectivity index (χ0) is 15.6. The molecule has 1 aromatic carbocycles. The summed E-state index contributed by atoms with van der Waals surface area (Å²) in [4.78, 5) is 11.1. The lowest BCUT2D eigenvalue weighted by atomic mass is 10.3. The first-order valence-electron chi connectivity index (χ1n) is 5.55. The van der Waals surface area contributed by atoms with Gasteiger partial charge in [0.2, 0.25) is 5.88 Å². The highest BCUT2D eigenvalue weighted by Crippen LogP contribution is 2.21. The molecule has 2 aromatic rings. The molecular formula is C12H8F4N2O3. The van der Waals surface area contributed by atoms with Crippen LogP contribution in [0.2, 0.25) is 0 Å². The van der Waals surface area contributed by atoms with Crippen LogP contribution in [0.15, 0.2) is 30.3 Å². The van der Waals surface area contributed by atoms with Crippen LogP contribution in [0.3, 0.4) is 0 Å². The Labute approximate surface area is 115 Å². The number of alkyl halides is 3. The van der Waals surface area contributed by atoms with E-state index in [0.29, 0.717) is 0 Å². The van der Waals surface area contributed by atoms with E-state index in [2.05, 4.69) is 9.84 Å². The van der Waals surface area contributed by atoms with E-state index in [9.17, 15) is 22.4 Å². The minimum absolute atomic E-state index is 0.0502. The highest BCUT2D eigenvalue weighted by Gasteiger charge is 2.29. The van der Waals surface area contributed by atoms with E-state index in [-0.39, 0.29) is 5.69 Å². The van der Waals surface area contributed by atoms with Gasteiger partial charge in [-0.2, -0.15) is 13.2 Å². The number of hydrogen-bond acceptors (Lipinski definition) is 3. The normalized spacial score (nSPS) is 11.4. The van der Waals surface area contributed by atoms with Crippen molar-refractivity contribution in [2.75, 3.05) is 6.61 Å². The molecule has 0 aliphatic carbocycles. The summed E-state index contributed by atoms with van der Waals surface area (Å²) in [7, 11) is 0. The summed E-state index contributed by atoms with van der Waals surface area (Å²) in [6.45, 7) is -1.60. The average molecular weight is 304 g/mol. The molecule has 0 amide bonds. The molecule has 0 aliphatic heterocycles. The molecule has 0 spiro atoms. The van der Waals surface area contributed by atoms with Gasteiger partial charge in [-0.15, -0.1) is 5.10 Å². The van der Waals surface area contributed by atoms with E-state index in [1.165, 1.54) is 12.1 Å². The fraction of sp³-hybridized carbons (Fsp3) is 0.167. The van der Waals surface area contributed by atoms with Gasteiger partial charge in [-0.1, -0.05) is 6.07 Å². The molecule has 0 atom stereocenters. The molecular weight excluding hydrogens is 296 g/mol. The minimum Gasteiger partial charge on any atom is -0.477 e. The highest BCUT2D eigenvalue weighted by molar-refractivity contribution is 5.86. The summed E-state index contributed by atoms with van der Waals surface area (Å²) in [5, 5.41) is 12.6. The van der Waals surface area contributed by atoms with Crippen LogP contribution in [-0.2, 0) is 0 Å². The first-order chi connectivity index (χ1) is 9.76. The molecule has 0 saturated heterocycles. The van der Waals surface area contributed by atoms with Crippen LogP contribution >= 0.6 is 0 Å². The van der Waals surface area contributed by atoms with Gasteiger partial charge in [-0.25, -0.2) is 13.9 Å². The number of carboxylic acid groups (broad SMARTS) is 1. The molecule has 0 bridgehead atoms. The Morgan fingerprint density at radius 2 is 2.05 bits per heavy atom. The number of nitrogens with zero attached hydrogens (tertiary/aromatic N) is 2. The number of hydrogen-bond donors (Lipinski definition) is 1. The summed E-state index contributed by atoms with van der Waals surface area (Å²) < 4.78 is 54.5. The maximum absolute atomic E-state index is 13.1. The van der Waals surface area contributed by atoms with Gasteiger partial charge in [0.25, 0.3) is 0 Å². The van der Waals surface area contributed by atoms with Gasteiger partial charge in [0, 0.05) is 6.07 Å². The maximum atomic E-state index is 13.1. The summed E-state index contributed by atoms with van der Waals surface area (Å²) >= 11 is 0. The summed E-state index contributed by atoms with van der Waals surface area (Å²) in [5.74, 6) is -2.60. The number of carboxylic acids is 1. The second-order valence-corrected chi connectivity index (χ2v) is 3.97. The lowest BCUT2D eigenvalue weighted by Gasteiger charge is -2.06. The number of carbonyl (C=O) groups is 1. The van der Waals surface area contributed by atoms with Gasteiger partial charge >= 0.3 is 12.1 Å². The fourth-order valence-electron chi connectivity index (χ4n) is 1.54. The number of halogens is 4. The van der Waals surface area contributed by atoms with Crippen LogP contribution in [0, 0.1) is 5.82 Å². The lowest BCUT2D eigenvalue weighted by molar-refractivity contribution is -0.154. The fourth-order valence-corrected chi connectivity index (χ4v) is 1.54. The predicted octanol–water partition coefficient (Wildman–Crippen LogP) is 2.65. The van der Waals surface area contributed by atoms with E-state index in [1.54, 1.807) is 0 Å². The van der Waals surface area contributed by atoms with Gasteiger partial charge in [0.15, 0.2) is 12.3 Å². The van der Waals surface area contributed by atoms with Gasteiger partial charge in [0.1, 0.15) is 5.82 Å². The van der Waals surface area contributed by atoms with E-state index in [0.717, 1.165) is 22.9 Å². The largest absolute Gasteiger partial charge is 0.477 e. The van der Waals surface area contributed by atoms with E-state index < -0.39 is 36.1 Å². The molecule has 1 heterocycles. The SMILES string of the molecule is O=C(O)c1cc(OCC(F)(F)F)nn1-c1cccc(F)c1. The van der Waals surface area contributed by atoms with Crippen LogP contribution in [0.4, 0.5) is 17.6 Å². The third kappa shape index (κ3) is 3.71. The Hall–Kier alpha value is -2.58. The molecule has 1 aromatic heterocycles. The van der Waals surface area contributed by atoms with Gasteiger partial charge in [-0.05, 0) is 18.2 Å². The van der Waals surface area contributed by atoms with Crippen molar-refractivity contribution in [2.45, 2.75) is 6.18 Å². The summed E-state index contributed by atoms with van der Waals surface area (Å²) in [5.41, 5.74) is -0.396. The van der Waals surface area contributed by atoms with E-state index >= 15 is 0 Å². The van der Waals surface area contributed by atoms with Gasteiger partial charge in [-0.3, -0.25) is 0 Å². The monoisotopic (exact) mass is 304 g/mol. The molecule has 0 saturated carbocycles. The molecule has 112 valence electrons. The standard InChI is InChI=1S/C12H8F4N2O3/c13-7-2-1-3-8(4-7)18-9(11(19)20)5-10(17-18)21-6-12(14,15)16/h1-5H,6H2,(H,19,20). The zero-order valence-corrected chi connectivity index (χ0v) is 10.3. The molecule has 9 heteroatoms. The molecule has 0 unspecified atom stereocenters. The second kappa shape index (κ2) is 5.43. The molecule has 0 radical (unpaired) electrons. The Balaban J connectivity index is 2.36. The van der Waals surface area contributed by atoms with E-state index in [1.807, 2.05) is 0 Å². The minimum atomic E-state index is -4.58. The molecule has 2 rings (SSSR count). The van der Waals surface area contributed by atoms with Crippen LogP contribution in [0.1, 0.15) is 10.5 Å². The average Bonchev–Trinajstić information content (AvgIpc) is 2.80. The zero-order valence-electron chi connectivity index (χ0n) is 10.3. The number of ether oxygens (including phenoxy) is 1. The van der Waals surface area contributed by atoms with Gasteiger partial charge in [0.05, 0.1) is 5.69 Å². The summed E-state index contributed by atoms with van der Waals surface area (Å²) in [6.07, 6.45) is -4.58. The Bertz CT molecular complexity index is 667. The predicted molar refractivity (Wildman–Crippen MR) is 62.0 cm³/mol. The third-order valence-corrected chi connectivity index (χ3v) is 2.34. The molecule has 1 N–H and O–H groups in total. The van der Waals surface area contributed by atoms with Crippen LogP contribution in [-0.4, -0.2) is 33.6 Å².